The Bertz CT molecular complexity index is 521. The van der Waals surface area contributed by atoms with Crippen LogP contribution in [0.2, 0.25) is 10.0 Å². The fourth-order valence-electron chi connectivity index (χ4n) is 1.08. The smallest absolute Gasteiger partial charge is 0.304 e. The molecule has 13 heavy (non-hydrogen) atoms. The van der Waals surface area contributed by atoms with Gasteiger partial charge in [0.05, 0.1) is 15.6 Å². The van der Waals surface area contributed by atoms with Crippen molar-refractivity contribution in [3.8, 4) is 0 Å². The van der Waals surface area contributed by atoms with Crippen LogP contribution in [0, 0.1) is 0 Å². The number of aromatic amines is 1. The highest BCUT2D eigenvalue weighted by Gasteiger charge is 2.03. The van der Waals surface area contributed by atoms with E-state index in [1.807, 2.05) is 0 Å². The molecule has 0 bridgehead atoms. The van der Waals surface area contributed by atoms with Crippen molar-refractivity contribution in [2.75, 3.05) is 0 Å². The summed E-state index contributed by atoms with van der Waals surface area (Å²) in [5.41, 5.74) is 0.0887. The van der Waals surface area contributed by atoms with E-state index in [1.165, 1.54) is 6.20 Å². The second-order valence-corrected chi connectivity index (χ2v) is 3.32. The molecule has 1 aromatic carbocycles. The maximum Gasteiger partial charge on any atom is 0.345 e. The summed E-state index contributed by atoms with van der Waals surface area (Å²) in [6.07, 6.45) is 1.41. The fourth-order valence-corrected chi connectivity index (χ4v) is 1.50. The average molecular weight is 215 g/mol. The second kappa shape index (κ2) is 3.01. The van der Waals surface area contributed by atoms with Crippen LogP contribution in [0.4, 0.5) is 0 Å². The highest BCUT2D eigenvalue weighted by Crippen LogP contribution is 2.26. The predicted octanol–water partition coefficient (Wildman–Crippen LogP) is 2.23. The van der Waals surface area contributed by atoms with Crippen LogP contribution < -0.4 is 5.69 Å². The van der Waals surface area contributed by atoms with Gasteiger partial charge in [0.2, 0.25) is 0 Å². The molecule has 1 aromatic heterocycles. The molecule has 2 aromatic rings. The van der Waals surface area contributed by atoms with Gasteiger partial charge in [0.1, 0.15) is 0 Å². The molecule has 0 saturated carbocycles. The van der Waals surface area contributed by atoms with Gasteiger partial charge < -0.3 is 4.98 Å². The van der Waals surface area contributed by atoms with Crippen molar-refractivity contribution in [1.29, 1.82) is 0 Å². The molecule has 0 aliphatic heterocycles. The molecule has 5 heteroatoms. The number of hydrogen-bond donors (Lipinski definition) is 1. The van der Waals surface area contributed by atoms with E-state index in [4.69, 9.17) is 23.2 Å². The number of rotatable bonds is 0. The minimum atomic E-state index is -0.434. The SMILES string of the molecule is O=c1ncc2c(Cl)ccc(Cl)c2[nH]1. The highest BCUT2D eigenvalue weighted by molar-refractivity contribution is 6.39. The predicted molar refractivity (Wildman–Crippen MR) is 52.4 cm³/mol. The van der Waals surface area contributed by atoms with Crippen molar-refractivity contribution >= 4 is 34.1 Å². The van der Waals surface area contributed by atoms with Gasteiger partial charge in [0.15, 0.2) is 0 Å². The number of H-pyrrole nitrogens is 1. The number of hydrogen-bond acceptors (Lipinski definition) is 2. The van der Waals surface area contributed by atoms with E-state index < -0.39 is 5.69 Å². The maximum atomic E-state index is 10.9. The van der Waals surface area contributed by atoms with Gasteiger partial charge in [-0.05, 0) is 12.1 Å². The molecule has 1 heterocycles. The van der Waals surface area contributed by atoms with Crippen LogP contribution in [0.15, 0.2) is 23.1 Å². The Kier molecular flexibility index (Phi) is 1.98. The largest absolute Gasteiger partial charge is 0.345 e. The lowest BCUT2D eigenvalue weighted by Gasteiger charge is -2.00. The number of benzene rings is 1. The lowest BCUT2D eigenvalue weighted by molar-refractivity contribution is 1.12. The molecule has 0 fully saturated rings. The molecule has 0 aliphatic rings. The Labute approximate surface area is 83.3 Å². The van der Waals surface area contributed by atoms with E-state index in [1.54, 1.807) is 12.1 Å². The summed E-state index contributed by atoms with van der Waals surface area (Å²) in [5, 5.41) is 1.62. The fraction of sp³-hybridized carbons (Fsp3) is 0. The summed E-state index contributed by atoms with van der Waals surface area (Å²) >= 11 is 11.7. The van der Waals surface area contributed by atoms with Crippen LogP contribution in [-0.2, 0) is 0 Å². The first-order chi connectivity index (χ1) is 6.18. The quantitative estimate of drug-likeness (QED) is 0.732. The van der Waals surface area contributed by atoms with Crippen molar-refractivity contribution in [3.63, 3.8) is 0 Å². The standard InChI is InChI=1S/C8H4Cl2N2O/c9-5-1-2-6(10)7-4(5)3-11-8(13)12-7/h1-3H,(H,11,12,13). The van der Waals surface area contributed by atoms with E-state index in [0.29, 0.717) is 20.9 Å². The molecule has 66 valence electrons. The van der Waals surface area contributed by atoms with E-state index in [0.717, 1.165) is 0 Å². The van der Waals surface area contributed by atoms with Crippen LogP contribution in [0.25, 0.3) is 10.9 Å². The van der Waals surface area contributed by atoms with Crippen molar-refractivity contribution in [1.82, 2.24) is 9.97 Å². The summed E-state index contributed by atoms with van der Waals surface area (Å²) in [5.74, 6) is 0. The molecule has 0 unspecified atom stereocenters. The van der Waals surface area contributed by atoms with Crippen LogP contribution in [-0.4, -0.2) is 9.97 Å². The molecule has 1 N–H and O–H groups in total. The zero-order valence-corrected chi connectivity index (χ0v) is 7.86. The summed E-state index contributed by atoms with van der Waals surface area (Å²) in [6.45, 7) is 0. The third-order valence-electron chi connectivity index (χ3n) is 1.68. The lowest BCUT2D eigenvalue weighted by Crippen LogP contribution is -2.08. The molecular formula is C8H4Cl2N2O. The number of fused-ring (bicyclic) bond motifs is 1. The number of aromatic nitrogens is 2. The normalized spacial score (nSPS) is 10.6. The van der Waals surface area contributed by atoms with Crippen LogP contribution in [0.5, 0.6) is 0 Å². The monoisotopic (exact) mass is 214 g/mol. The lowest BCUT2D eigenvalue weighted by atomic mass is 10.2. The van der Waals surface area contributed by atoms with Crippen molar-refractivity contribution < 1.29 is 0 Å². The van der Waals surface area contributed by atoms with E-state index >= 15 is 0 Å². The van der Waals surface area contributed by atoms with Gasteiger partial charge in [-0.25, -0.2) is 9.78 Å². The van der Waals surface area contributed by atoms with Crippen LogP contribution in [0.1, 0.15) is 0 Å². The Morgan fingerprint density at radius 1 is 1.23 bits per heavy atom. The summed E-state index contributed by atoms with van der Waals surface area (Å²) in [4.78, 5) is 16.9. The van der Waals surface area contributed by atoms with Crippen LogP contribution >= 0.6 is 23.2 Å². The van der Waals surface area contributed by atoms with Gasteiger partial charge in [-0.3, -0.25) is 0 Å². The van der Waals surface area contributed by atoms with Crippen molar-refractivity contribution in [3.05, 3.63) is 38.9 Å². The van der Waals surface area contributed by atoms with Gasteiger partial charge in [0, 0.05) is 11.6 Å². The third kappa shape index (κ3) is 1.41. The minimum Gasteiger partial charge on any atom is -0.304 e. The van der Waals surface area contributed by atoms with E-state index in [-0.39, 0.29) is 0 Å². The molecule has 0 spiro atoms. The van der Waals surface area contributed by atoms with Crippen molar-refractivity contribution in [2.24, 2.45) is 0 Å². The van der Waals surface area contributed by atoms with E-state index in [2.05, 4.69) is 9.97 Å². The minimum absolute atomic E-state index is 0.434. The first-order valence-electron chi connectivity index (χ1n) is 3.51. The molecule has 0 saturated heterocycles. The number of nitrogens with zero attached hydrogens (tertiary/aromatic N) is 1. The molecule has 0 aliphatic carbocycles. The van der Waals surface area contributed by atoms with E-state index in [9.17, 15) is 4.79 Å². The van der Waals surface area contributed by atoms with Crippen molar-refractivity contribution in [2.45, 2.75) is 0 Å². The zero-order valence-electron chi connectivity index (χ0n) is 6.34. The third-order valence-corrected chi connectivity index (χ3v) is 2.33. The number of halogens is 2. The highest BCUT2D eigenvalue weighted by atomic mass is 35.5. The summed E-state index contributed by atoms with van der Waals surface area (Å²) in [7, 11) is 0. The van der Waals surface area contributed by atoms with Gasteiger partial charge in [-0.1, -0.05) is 23.2 Å². The summed E-state index contributed by atoms with van der Waals surface area (Å²) in [6, 6.07) is 3.29. The first kappa shape index (κ1) is 8.53. The van der Waals surface area contributed by atoms with Gasteiger partial charge in [0.25, 0.3) is 0 Å². The molecule has 0 radical (unpaired) electrons. The number of nitrogens with one attached hydrogen (secondary N) is 1. The zero-order chi connectivity index (χ0) is 9.42. The Hall–Kier alpha value is -1.06. The van der Waals surface area contributed by atoms with Gasteiger partial charge >= 0.3 is 5.69 Å². The summed E-state index contributed by atoms with van der Waals surface area (Å²) < 4.78 is 0. The second-order valence-electron chi connectivity index (χ2n) is 2.51. The van der Waals surface area contributed by atoms with Gasteiger partial charge in [-0.2, -0.15) is 0 Å². The topological polar surface area (TPSA) is 45.8 Å². The average Bonchev–Trinajstić information content (AvgIpc) is 2.12. The Balaban J connectivity index is 3.00. The Morgan fingerprint density at radius 3 is 2.69 bits per heavy atom. The van der Waals surface area contributed by atoms with Crippen LogP contribution in [0.3, 0.4) is 0 Å². The molecule has 2 rings (SSSR count). The first-order valence-corrected chi connectivity index (χ1v) is 4.27. The molecule has 0 atom stereocenters. The van der Waals surface area contributed by atoms with Gasteiger partial charge in [-0.15, -0.1) is 0 Å². The Morgan fingerprint density at radius 2 is 1.92 bits per heavy atom. The molecular weight excluding hydrogens is 211 g/mol. The maximum absolute atomic E-state index is 10.9. The molecule has 0 amide bonds. The molecule has 3 nitrogen and oxygen atoms in total.